The summed E-state index contributed by atoms with van der Waals surface area (Å²) in [5, 5.41) is 5.64. The summed E-state index contributed by atoms with van der Waals surface area (Å²) < 4.78 is 36.9. The molecule has 3 heterocycles. The molecule has 1 aromatic carbocycles. The van der Waals surface area contributed by atoms with E-state index in [0.717, 1.165) is 16.7 Å². The molecule has 0 saturated carbocycles. The molecule has 0 fully saturated rings. The lowest BCUT2D eigenvalue weighted by molar-refractivity contribution is 0.0270. The van der Waals surface area contributed by atoms with Gasteiger partial charge in [-0.2, -0.15) is 4.98 Å². The molecule has 11 nitrogen and oxygen atoms in total. The average molecular weight is 629 g/mol. The maximum absolute atomic E-state index is 12.9. The summed E-state index contributed by atoms with van der Waals surface area (Å²) in [5.74, 6) is 1.00. The van der Waals surface area contributed by atoms with E-state index in [1.807, 2.05) is 45.9 Å². The highest BCUT2D eigenvalue weighted by Gasteiger charge is 2.26. The molecule has 0 bridgehead atoms. The minimum atomic E-state index is -3.66. The van der Waals surface area contributed by atoms with Gasteiger partial charge >= 0.3 is 6.09 Å². The summed E-state index contributed by atoms with van der Waals surface area (Å²) in [4.78, 5) is 27.0. The number of pyridine rings is 1. The molecule has 0 radical (unpaired) electrons. The Morgan fingerprint density at radius 2 is 1.88 bits per heavy atom. The number of hydrogen-bond donors (Lipinski definition) is 2. The first-order valence-corrected chi connectivity index (χ1v) is 15.7. The fourth-order valence-electron chi connectivity index (χ4n) is 4.41. The van der Waals surface area contributed by atoms with E-state index in [1.165, 1.54) is 12.4 Å². The SMILES string of the molecule is COc1cc(C2=CCN(C(=O)OC(C)(C)C)CC2)c(C)cc1Nc1ncc(Cl)c(Nc2cccnc2S(=O)(=O)C(C)C)n1. The first kappa shape index (κ1) is 32.0. The fraction of sp³-hybridized carbons (Fsp3) is 0.400. The van der Waals surface area contributed by atoms with Crippen LogP contribution in [0.5, 0.6) is 5.75 Å². The zero-order valence-corrected chi connectivity index (χ0v) is 26.9. The standard InChI is InChI=1S/C30H37ClN6O5S/c1-18(2)43(39,40)27-23(9-8-12-32-27)34-26-22(31)17-33-28(36-26)35-24-15-19(3)21(16-25(24)41-7)20-10-13-37(14-11-20)29(38)42-30(4,5)6/h8-10,12,15-18H,11,13-14H2,1-7H3,(H2,33,34,35,36). The zero-order valence-electron chi connectivity index (χ0n) is 25.4. The molecule has 0 aliphatic carbocycles. The number of anilines is 4. The molecule has 0 saturated heterocycles. The molecule has 1 aliphatic rings. The van der Waals surface area contributed by atoms with Crippen LogP contribution in [0.4, 0.5) is 27.9 Å². The van der Waals surface area contributed by atoms with Crippen molar-refractivity contribution < 1.29 is 22.7 Å². The van der Waals surface area contributed by atoms with Gasteiger partial charge < -0.3 is 25.0 Å². The zero-order chi connectivity index (χ0) is 31.5. The van der Waals surface area contributed by atoms with Crippen molar-refractivity contribution in [1.82, 2.24) is 19.9 Å². The lowest BCUT2D eigenvalue weighted by Gasteiger charge is -2.30. The number of methoxy groups -OCH3 is 1. The summed E-state index contributed by atoms with van der Waals surface area (Å²) >= 11 is 6.38. The second-order valence-electron chi connectivity index (χ2n) is 11.4. The van der Waals surface area contributed by atoms with Gasteiger partial charge in [0.15, 0.2) is 20.7 Å². The van der Waals surface area contributed by atoms with Crippen LogP contribution in [0.15, 0.2) is 47.8 Å². The first-order valence-electron chi connectivity index (χ1n) is 13.8. The second-order valence-corrected chi connectivity index (χ2v) is 14.2. The number of nitrogens with one attached hydrogen (secondary N) is 2. The number of aromatic nitrogens is 3. The molecule has 0 unspecified atom stereocenters. The lowest BCUT2D eigenvalue weighted by atomic mass is 9.94. The van der Waals surface area contributed by atoms with E-state index in [0.29, 0.717) is 30.9 Å². The van der Waals surface area contributed by atoms with Crippen molar-refractivity contribution >= 4 is 56.2 Å². The Morgan fingerprint density at radius 1 is 1.14 bits per heavy atom. The summed E-state index contributed by atoms with van der Waals surface area (Å²) in [6.45, 7) is 11.7. The van der Waals surface area contributed by atoms with Gasteiger partial charge in [-0.3, -0.25) is 0 Å². The van der Waals surface area contributed by atoms with Crippen molar-refractivity contribution in [3.8, 4) is 5.75 Å². The molecule has 0 atom stereocenters. The third-order valence-electron chi connectivity index (χ3n) is 6.66. The van der Waals surface area contributed by atoms with Crippen molar-refractivity contribution in [3.63, 3.8) is 0 Å². The van der Waals surface area contributed by atoms with Gasteiger partial charge in [-0.1, -0.05) is 17.7 Å². The van der Waals surface area contributed by atoms with Gasteiger partial charge in [0, 0.05) is 19.3 Å². The van der Waals surface area contributed by atoms with Gasteiger partial charge in [0.25, 0.3) is 0 Å². The topological polar surface area (TPSA) is 136 Å². The Kier molecular flexibility index (Phi) is 9.50. The largest absolute Gasteiger partial charge is 0.495 e. The number of rotatable bonds is 8. The number of carbonyl (C=O) groups excluding carboxylic acids is 1. The average Bonchev–Trinajstić information content (AvgIpc) is 2.94. The van der Waals surface area contributed by atoms with E-state index in [1.54, 1.807) is 38.0 Å². The van der Waals surface area contributed by atoms with Gasteiger partial charge in [0.05, 0.1) is 29.9 Å². The Bertz CT molecular complexity index is 1650. The molecule has 3 aromatic rings. The van der Waals surface area contributed by atoms with Crippen LogP contribution in [-0.4, -0.2) is 65.4 Å². The first-order chi connectivity index (χ1) is 20.2. The Morgan fingerprint density at radius 3 is 2.51 bits per heavy atom. The van der Waals surface area contributed by atoms with Crippen molar-refractivity contribution in [2.24, 2.45) is 0 Å². The molecule has 1 aliphatic heterocycles. The normalized spacial score (nSPS) is 13.9. The molecule has 4 rings (SSSR count). The Balaban J connectivity index is 1.57. The van der Waals surface area contributed by atoms with Crippen molar-refractivity contribution in [3.05, 3.63) is 58.9 Å². The summed E-state index contributed by atoms with van der Waals surface area (Å²) in [5.41, 5.74) is 3.46. The number of aryl methyl sites for hydroxylation is 1. The summed E-state index contributed by atoms with van der Waals surface area (Å²) in [6.07, 6.45) is 5.23. The number of sulfone groups is 1. The number of benzene rings is 1. The third kappa shape index (κ3) is 7.55. The minimum Gasteiger partial charge on any atom is -0.495 e. The van der Waals surface area contributed by atoms with Crippen LogP contribution in [0, 0.1) is 6.92 Å². The molecule has 2 aromatic heterocycles. The quantitative estimate of drug-likeness (QED) is 0.283. The number of halogens is 1. The maximum atomic E-state index is 12.9. The highest BCUT2D eigenvalue weighted by atomic mass is 35.5. The maximum Gasteiger partial charge on any atom is 0.410 e. The third-order valence-corrected chi connectivity index (χ3v) is 9.04. The fourth-order valence-corrected chi connectivity index (χ4v) is 5.62. The highest BCUT2D eigenvalue weighted by Crippen LogP contribution is 2.36. The van der Waals surface area contributed by atoms with Crippen LogP contribution in [-0.2, 0) is 14.6 Å². The van der Waals surface area contributed by atoms with E-state index in [9.17, 15) is 13.2 Å². The van der Waals surface area contributed by atoms with Gasteiger partial charge in [0.1, 0.15) is 16.4 Å². The van der Waals surface area contributed by atoms with Crippen LogP contribution in [0.25, 0.3) is 5.57 Å². The predicted octanol–water partition coefficient (Wildman–Crippen LogP) is 6.54. The molecular weight excluding hydrogens is 592 g/mol. The molecule has 43 heavy (non-hydrogen) atoms. The van der Waals surface area contributed by atoms with Crippen LogP contribution >= 0.6 is 11.6 Å². The van der Waals surface area contributed by atoms with Crippen LogP contribution in [0.2, 0.25) is 5.02 Å². The molecule has 2 N–H and O–H groups in total. The van der Waals surface area contributed by atoms with Gasteiger partial charge in [-0.25, -0.2) is 23.2 Å². The number of hydrogen-bond acceptors (Lipinski definition) is 10. The van der Waals surface area contributed by atoms with E-state index in [2.05, 4.69) is 25.6 Å². The summed E-state index contributed by atoms with van der Waals surface area (Å²) in [6, 6.07) is 7.11. The number of amides is 1. The number of ether oxygens (including phenoxy) is 2. The van der Waals surface area contributed by atoms with Crippen molar-refractivity contribution in [2.75, 3.05) is 30.8 Å². The molecule has 1 amide bonds. The van der Waals surface area contributed by atoms with Crippen molar-refractivity contribution in [2.45, 2.75) is 63.8 Å². The molecule has 13 heteroatoms. The van der Waals surface area contributed by atoms with Gasteiger partial charge in [-0.05, 0) is 88.9 Å². The van der Waals surface area contributed by atoms with Gasteiger partial charge in [-0.15, -0.1) is 0 Å². The van der Waals surface area contributed by atoms with E-state index in [-0.39, 0.29) is 33.6 Å². The number of nitrogens with zero attached hydrogens (tertiary/aromatic N) is 4. The van der Waals surface area contributed by atoms with Crippen LogP contribution in [0.1, 0.15) is 52.2 Å². The molecule has 230 valence electrons. The second kappa shape index (κ2) is 12.8. The van der Waals surface area contributed by atoms with E-state index < -0.39 is 20.7 Å². The van der Waals surface area contributed by atoms with E-state index in [4.69, 9.17) is 21.1 Å². The smallest absolute Gasteiger partial charge is 0.410 e. The van der Waals surface area contributed by atoms with E-state index >= 15 is 0 Å². The summed E-state index contributed by atoms with van der Waals surface area (Å²) in [7, 11) is -2.09. The molecule has 0 spiro atoms. The molecular formula is C30H37ClN6O5S. The Hall–Kier alpha value is -3.90. The number of carbonyl (C=O) groups is 1. The van der Waals surface area contributed by atoms with Crippen molar-refractivity contribution in [1.29, 1.82) is 0 Å². The minimum absolute atomic E-state index is 0.0895. The Labute approximate surface area is 257 Å². The predicted molar refractivity (Wildman–Crippen MR) is 168 cm³/mol. The lowest BCUT2D eigenvalue weighted by Crippen LogP contribution is -2.39. The monoisotopic (exact) mass is 628 g/mol. The van der Waals surface area contributed by atoms with Crippen LogP contribution < -0.4 is 15.4 Å². The van der Waals surface area contributed by atoms with Crippen LogP contribution in [0.3, 0.4) is 0 Å². The van der Waals surface area contributed by atoms with Gasteiger partial charge in [0.2, 0.25) is 5.95 Å². The highest BCUT2D eigenvalue weighted by molar-refractivity contribution is 7.92.